The van der Waals surface area contributed by atoms with Crippen LogP contribution in [0, 0.1) is 11.6 Å². The molecular weight excluding hydrogens is 308 g/mol. The minimum atomic E-state index is -4.16. The van der Waals surface area contributed by atoms with Gasteiger partial charge < -0.3 is 0 Å². The van der Waals surface area contributed by atoms with Crippen LogP contribution in [0.25, 0.3) is 0 Å². The third kappa shape index (κ3) is 2.37. The van der Waals surface area contributed by atoms with Gasteiger partial charge in [-0.15, -0.1) is 0 Å². The molecule has 0 bridgehead atoms. The normalized spacial score (nSPS) is 18.1. The zero-order chi connectivity index (χ0) is 15.9. The number of sulfonamides is 1. The first kappa shape index (κ1) is 15.0. The molecule has 0 N–H and O–H groups in total. The van der Waals surface area contributed by atoms with Gasteiger partial charge in [0.1, 0.15) is 16.5 Å². The predicted octanol–water partition coefficient (Wildman–Crippen LogP) is 3.49. The first-order valence-electron chi connectivity index (χ1n) is 6.98. The van der Waals surface area contributed by atoms with Crippen molar-refractivity contribution in [3.63, 3.8) is 0 Å². The molecule has 3 rings (SSSR count). The van der Waals surface area contributed by atoms with E-state index in [1.165, 1.54) is 4.31 Å². The summed E-state index contributed by atoms with van der Waals surface area (Å²) in [5.74, 6) is -1.73. The third-order valence-electron chi connectivity index (χ3n) is 3.89. The molecule has 0 fully saturated rings. The molecule has 0 amide bonds. The average molecular weight is 323 g/mol. The maximum absolute atomic E-state index is 14.0. The van der Waals surface area contributed by atoms with E-state index in [-0.39, 0.29) is 6.04 Å². The number of halogens is 2. The van der Waals surface area contributed by atoms with Crippen LogP contribution in [-0.2, 0) is 16.4 Å². The van der Waals surface area contributed by atoms with E-state index in [2.05, 4.69) is 0 Å². The summed E-state index contributed by atoms with van der Waals surface area (Å²) in [4.78, 5) is -0.629. The summed E-state index contributed by atoms with van der Waals surface area (Å²) in [7, 11) is -4.16. The Bertz CT molecular complexity index is 821. The van der Waals surface area contributed by atoms with Crippen molar-refractivity contribution >= 4 is 15.7 Å². The number of hydrogen-bond acceptors (Lipinski definition) is 2. The van der Waals surface area contributed by atoms with E-state index < -0.39 is 26.6 Å². The molecule has 1 heterocycles. The first-order chi connectivity index (χ1) is 10.4. The van der Waals surface area contributed by atoms with Crippen LogP contribution in [0.5, 0.6) is 0 Å². The second-order valence-electron chi connectivity index (χ2n) is 5.39. The van der Waals surface area contributed by atoms with E-state index in [0.29, 0.717) is 12.1 Å². The van der Waals surface area contributed by atoms with Crippen molar-refractivity contribution in [3.8, 4) is 0 Å². The smallest absolute Gasteiger partial charge is 0.263 e. The molecular formula is C16H15F2NO2S. The molecule has 116 valence electrons. The minimum absolute atomic E-state index is 0.317. The molecule has 22 heavy (non-hydrogen) atoms. The monoisotopic (exact) mass is 323 g/mol. The molecule has 6 heteroatoms. The zero-order valence-corrected chi connectivity index (χ0v) is 12.8. The Hall–Kier alpha value is -1.95. The maximum Gasteiger partial charge on any atom is 0.267 e. The van der Waals surface area contributed by atoms with E-state index in [4.69, 9.17) is 0 Å². The Morgan fingerprint density at radius 2 is 1.86 bits per heavy atom. The highest BCUT2D eigenvalue weighted by molar-refractivity contribution is 7.92. The third-order valence-corrected chi connectivity index (χ3v) is 5.83. The van der Waals surface area contributed by atoms with Gasteiger partial charge in [-0.1, -0.05) is 18.2 Å². The summed E-state index contributed by atoms with van der Waals surface area (Å²) in [5.41, 5.74) is 1.42. The number of para-hydroxylation sites is 1. The number of nitrogens with zero attached hydrogens (tertiary/aromatic N) is 1. The van der Waals surface area contributed by atoms with Gasteiger partial charge in [-0.2, -0.15) is 0 Å². The summed E-state index contributed by atoms with van der Waals surface area (Å²) >= 11 is 0. The van der Waals surface area contributed by atoms with Crippen molar-refractivity contribution in [2.75, 3.05) is 4.31 Å². The van der Waals surface area contributed by atoms with Gasteiger partial charge in [0.2, 0.25) is 0 Å². The van der Waals surface area contributed by atoms with Crippen LogP contribution in [0.4, 0.5) is 14.5 Å². The Balaban J connectivity index is 2.19. The maximum atomic E-state index is 14.0. The summed E-state index contributed by atoms with van der Waals surface area (Å²) < 4.78 is 54.2. The Morgan fingerprint density at radius 1 is 1.14 bits per heavy atom. The van der Waals surface area contributed by atoms with Gasteiger partial charge in [0.05, 0.1) is 5.69 Å². The van der Waals surface area contributed by atoms with E-state index in [9.17, 15) is 17.2 Å². The zero-order valence-electron chi connectivity index (χ0n) is 12.0. The summed E-state index contributed by atoms with van der Waals surface area (Å²) in [6.07, 6.45) is 1.39. The number of anilines is 1. The molecule has 3 nitrogen and oxygen atoms in total. The van der Waals surface area contributed by atoms with Gasteiger partial charge in [-0.3, -0.25) is 4.31 Å². The van der Waals surface area contributed by atoms with Crippen molar-refractivity contribution < 1.29 is 17.2 Å². The number of aryl methyl sites for hydroxylation is 1. The molecule has 0 unspecified atom stereocenters. The van der Waals surface area contributed by atoms with Gasteiger partial charge in [0.25, 0.3) is 10.0 Å². The van der Waals surface area contributed by atoms with E-state index >= 15 is 0 Å². The van der Waals surface area contributed by atoms with Crippen molar-refractivity contribution in [3.05, 3.63) is 59.7 Å². The van der Waals surface area contributed by atoms with Gasteiger partial charge in [-0.25, -0.2) is 17.2 Å². The highest BCUT2D eigenvalue weighted by Gasteiger charge is 2.35. The molecule has 1 aliphatic heterocycles. The molecule has 0 aromatic heterocycles. The van der Waals surface area contributed by atoms with Crippen LogP contribution in [0.3, 0.4) is 0 Å². The molecule has 0 spiro atoms. The van der Waals surface area contributed by atoms with Crippen LogP contribution >= 0.6 is 0 Å². The number of hydrogen-bond donors (Lipinski definition) is 0. The van der Waals surface area contributed by atoms with Crippen molar-refractivity contribution in [1.29, 1.82) is 0 Å². The van der Waals surface area contributed by atoms with Gasteiger partial charge in [-0.05, 0) is 49.6 Å². The summed E-state index contributed by atoms with van der Waals surface area (Å²) in [6, 6.07) is 9.27. The van der Waals surface area contributed by atoms with Crippen molar-refractivity contribution in [2.45, 2.75) is 30.7 Å². The Morgan fingerprint density at radius 3 is 2.64 bits per heavy atom. The van der Waals surface area contributed by atoms with Gasteiger partial charge in [0.15, 0.2) is 0 Å². The SMILES string of the molecule is C[C@@H]1CCc2ccccc2N1S(=O)(=O)c1cc(F)ccc1F. The van der Waals surface area contributed by atoms with E-state index in [1.54, 1.807) is 19.1 Å². The molecule has 0 radical (unpaired) electrons. The standard InChI is InChI=1S/C16H15F2NO2S/c1-11-6-7-12-4-2-3-5-15(12)19(11)22(20,21)16-10-13(17)8-9-14(16)18/h2-5,8-11H,6-7H2,1H3/t11-/m1/s1. The predicted molar refractivity (Wildman–Crippen MR) is 80.2 cm³/mol. The quantitative estimate of drug-likeness (QED) is 0.848. The largest absolute Gasteiger partial charge is 0.267 e. The van der Waals surface area contributed by atoms with Gasteiger partial charge in [0, 0.05) is 6.04 Å². The number of rotatable bonds is 2. The molecule has 1 atom stereocenters. The fourth-order valence-electron chi connectivity index (χ4n) is 2.80. The fraction of sp³-hybridized carbons (Fsp3) is 0.250. The Labute approximate surface area is 128 Å². The molecule has 0 saturated heterocycles. The highest BCUT2D eigenvalue weighted by Crippen LogP contribution is 2.35. The molecule has 2 aromatic carbocycles. The second-order valence-corrected chi connectivity index (χ2v) is 7.18. The van der Waals surface area contributed by atoms with Gasteiger partial charge >= 0.3 is 0 Å². The second kappa shape index (κ2) is 5.35. The van der Waals surface area contributed by atoms with Crippen LogP contribution < -0.4 is 4.31 Å². The summed E-state index contributed by atoms with van der Waals surface area (Å²) in [6.45, 7) is 1.77. The fourth-order valence-corrected chi connectivity index (χ4v) is 4.61. The van der Waals surface area contributed by atoms with Crippen LogP contribution in [0.15, 0.2) is 47.4 Å². The molecule has 2 aromatic rings. The Kier molecular flexibility index (Phi) is 3.64. The number of benzene rings is 2. The molecule has 0 saturated carbocycles. The average Bonchev–Trinajstić information content (AvgIpc) is 2.49. The van der Waals surface area contributed by atoms with E-state index in [0.717, 1.165) is 30.2 Å². The number of fused-ring (bicyclic) bond motifs is 1. The van der Waals surface area contributed by atoms with Crippen molar-refractivity contribution in [1.82, 2.24) is 0 Å². The molecule has 0 aliphatic carbocycles. The highest BCUT2D eigenvalue weighted by atomic mass is 32.2. The van der Waals surface area contributed by atoms with Crippen LogP contribution in [-0.4, -0.2) is 14.5 Å². The van der Waals surface area contributed by atoms with Crippen molar-refractivity contribution in [2.24, 2.45) is 0 Å². The summed E-state index contributed by atoms with van der Waals surface area (Å²) in [5, 5.41) is 0. The molecule has 1 aliphatic rings. The van der Waals surface area contributed by atoms with E-state index in [1.807, 2.05) is 12.1 Å². The van der Waals surface area contributed by atoms with Crippen LogP contribution in [0.1, 0.15) is 18.9 Å². The lowest BCUT2D eigenvalue weighted by molar-refractivity contribution is 0.538. The lowest BCUT2D eigenvalue weighted by Gasteiger charge is -2.36. The lowest BCUT2D eigenvalue weighted by Crippen LogP contribution is -2.42. The lowest BCUT2D eigenvalue weighted by atomic mass is 9.99. The first-order valence-corrected chi connectivity index (χ1v) is 8.42. The van der Waals surface area contributed by atoms with Crippen LogP contribution in [0.2, 0.25) is 0 Å². The topological polar surface area (TPSA) is 37.4 Å². The minimum Gasteiger partial charge on any atom is -0.263 e.